The highest BCUT2D eigenvalue weighted by Crippen LogP contribution is 2.32. The van der Waals surface area contributed by atoms with E-state index in [0.29, 0.717) is 30.8 Å². The van der Waals surface area contributed by atoms with Gasteiger partial charge >= 0.3 is 18.2 Å². The van der Waals surface area contributed by atoms with Gasteiger partial charge in [-0.1, -0.05) is 12.1 Å². The van der Waals surface area contributed by atoms with E-state index < -0.39 is 53.1 Å². The number of aromatic carboxylic acids is 1. The SMILES string of the molecule is Cc1ccc([C@@H](CN2CCN(C(=O)OC(C)(C)C)[C@H](C)C2)Oc2cc(C)c(C(=O)Nc3nc(C(F)(F)F)ncc3C)cc2C(=O)O)cc1F. The number of carboxylic acids is 1. The summed E-state index contributed by atoms with van der Waals surface area (Å²) in [6.07, 6.45) is -5.24. The van der Waals surface area contributed by atoms with Gasteiger partial charge in [0.25, 0.3) is 5.91 Å². The highest BCUT2D eigenvalue weighted by Gasteiger charge is 2.36. The number of amides is 2. The Morgan fingerprint density at radius 2 is 1.71 bits per heavy atom. The number of benzene rings is 2. The average molecular weight is 690 g/mol. The molecular weight excluding hydrogens is 650 g/mol. The second kappa shape index (κ2) is 14.4. The van der Waals surface area contributed by atoms with E-state index in [0.717, 1.165) is 12.3 Å². The normalized spacial score (nSPS) is 16.2. The maximum absolute atomic E-state index is 14.8. The molecule has 0 spiro atoms. The third-order valence-electron chi connectivity index (χ3n) is 7.86. The largest absolute Gasteiger partial charge is 0.483 e. The van der Waals surface area contributed by atoms with Gasteiger partial charge in [-0.15, -0.1) is 0 Å². The first-order chi connectivity index (χ1) is 22.7. The summed E-state index contributed by atoms with van der Waals surface area (Å²) in [7, 11) is 0. The van der Waals surface area contributed by atoms with Gasteiger partial charge in [0, 0.05) is 49.5 Å². The van der Waals surface area contributed by atoms with E-state index in [2.05, 4.69) is 15.3 Å². The van der Waals surface area contributed by atoms with Gasteiger partial charge in [0.05, 0.1) is 0 Å². The molecule has 0 bridgehead atoms. The van der Waals surface area contributed by atoms with Crippen LogP contribution in [0.4, 0.5) is 28.2 Å². The van der Waals surface area contributed by atoms with E-state index in [4.69, 9.17) is 9.47 Å². The van der Waals surface area contributed by atoms with E-state index in [1.807, 2.05) is 11.8 Å². The predicted molar refractivity (Wildman–Crippen MR) is 171 cm³/mol. The lowest BCUT2D eigenvalue weighted by Crippen LogP contribution is -2.55. The van der Waals surface area contributed by atoms with Crippen LogP contribution in [0.5, 0.6) is 5.75 Å². The fourth-order valence-electron chi connectivity index (χ4n) is 5.27. The second-order valence-corrected chi connectivity index (χ2v) is 13.0. The van der Waals surface area contributed by atoms with Crippen molar-refractivity contribution < 1.29 is 46.5 Å². The zero-order chi connectivity index (χ0) is 36.4. The van der Waals surface area contributed by atoms with Gasteiger partial charge in [0.1, 0.15) is 34.7 Å². The molecule has 1 aromatic heterocycles. The highest BCUT2D eigenvalue weighted by atomic mass is 19.4. The molecule has 2 atom stereocenters. The van der Waals surface area contributed by atoms with E-state index in [-0.39, 0.29) is 40.8 Å². The van der Waals surface area contributed by atoms with Crippen LogP contribution in [0.3, 0.4) is 0 Å². The molecular formula is C34H39F4N5O6. The van der Waals surface area contributed by atoms with Crippen LogP contribution in [0, 0.1) is 26.6 Å². The molecule has 11 nitrogen and oxygen atoms in total. The summed E-state index contributed by atoms with van der Waals surface area (Å²) in [4.78, 5) is 48.7. The highest BCUT2D eigenvalue weighted by molar-refractivity contribution is 6.07. The Kier molecular flexibility index (Phi) is 10.9. The van der Waals surface area contributed by atoms with Crippen molar-refractivity contribution in [3.63, 3.8) is 0 Å². The molecule has 2 aromatic carbocycles. The third kappa shape index (κ3) is 9.22. The summed E-state index contributed by atoms with van der Waals surface area (Å²) < 4.78 is 66.2. The number of nitrogens with zero attached hydrogens (tertiary/aromatic N) is 4. The number of aromatic nitrogens is 2. The van der Waals surface area contributed by atoms with Crippen LogP contribution >= 0.6 is 0 Å². The molecule has 264 valence electrons. The maximum Gasteiger partial charge on any atom is 0.451 e. The summed E-state index contributed by atoms with van der Waals surface area (Å²) in [5, 5.41) is 12.4. The number of carbonyl (C=O) groups excluding carboxylic acids is 2. The number of aryl methyl sites for hydroxylation is 3. The Labute approximate surface area is 281 Å². The number of alkyl halides is 3. The molecule has 0 unspecified atom stereocenters. The molecule has 2 N–H and O–H groups in total. The molecule has 1 aliphatic rings. The number of rotatable bonds is 8. The molecule has 0 aliphatic carbocycles. The van der Waals surface area contributed by atoms with Gasteiger partial charge in [0.2, 0.25) is 5.82 Å². The lowest BCUT2D eigenvalue weighted by atomic mass is 10.0. The summed E-state index contributed by atoms with van der Waals surface area (Å²) in [5.74, 6) is -4.74. The molecule has 4 rings (SSSR count). The number of nitrogens with one attached hydrogen (secondary N) is 1. The number of halogens is 4. The van der Waals surface area contributed by atoms with Gasteiger partial charge in [-0.3, -0.25) is 9.69 Å². The van der Waals surface area contributed by atoms with Crippen LogP contribution in [0.25, 0.3) is 0 Å². The zero-order valence-electron chi connectivity index (χ0n) is 28.2. The second-order valence-electron chi connectivity index (χ2n) is 13.0. The minimum atomic E-state index is -4.85. The van der Waals surface area contributed by atoms with Crippen LogP contribution in [-0.2, 0) is 10.9 Å². The Morgan fingerprint density at radius 1 is 1.02 bits per heavy atom. The van der Waals surface area contributed by atoms with E-state index in [9.17, 15) is 37.1 Å². The van der Waals surface area contributed by atoms with Gasteiger partial charge in [-0.2, -0.15) is 13.2 Å². The number of hydrogen-bond acceptors (Lipinski definition) is 8. The monoisotopic (exact) mass is 689 g/mol. The molecule has 2 heterocycles. The molecule has 2 amide bonds. The standard InChI is InChI=1S/C34H39F4N5O6/c1-18-8-9-22(13-25(18)35)27(17-42-10-11-43(21(4)16-42)32(47)49-33(5,6)7)48-26-12-19(2)23(14-24(26)30(45)46)29(44)40-28-20(3)15-39-31(41-28)34(36,37)38/h8-9,12-15,21,27H,10-11,16-17H2,1-7H3,(H,45,46)(H,39,40,41,44)/t21-,27-/m1/s1. The Morgan fingerprint density at radius 3 is 2.31 bits per heavy atom. The Hall–Kier alpha value is -4.79. The topological polar surface area (TPSA) is 134 Å². The van der Waals surface area contributed by atoms with Gasteiger partial charge in [-0.25, -0.2) is 23.9 Å². The zero-order valence-corrected chi connectivity index (χ0v) is 28.2. The maximum atomic E-state index is 14.8. The van der Waals surface area contributed by atoms with Gasteiger partial charge in [-0.05, 0) is 83.4 Å². The first kappa shape index (κ1) is 37.0. The molecule has 1 saturated heterocycles. The number of hydrogen-bond donors (Lipinski definition) is 2. The van der Waals surface area contributed by atoms with Crippen LogP contribution in [0.15, 0.2) is 36.5 Å². The number of anilines is 1. The van der Waals surface area contributed by atoms with E-state index >= 15 is 0 Å². The van der Waals surface area contributed by atoms with Gasteiger partial charge < -0.3 is 24.8 Å². The van der Waals surface area contributed by atoms with Crippen LogP contribution in [0.1, 0.15) is 82.6 Å². The summed E-state index contributed by atoms with van der Waals surface area (Å²) in [6.45, 7) is 13.2. The number of carboxylic acid groups (broad SMARTS) is 1. The van der Waals surface area contributed by atoms with Crippen molar-refractivity contribution in [1.82, 2.24) is 19.8 Å². The van der Waals surface area contributed by atoms with Gasteiger partial charge in [0.15, 0.2) is 0 Å². The molecule has 49 heavy (non-hydrogen) atoms. The summed E-state index contributed by atoms with van der Waals surface area (Å²) in [6, 6.07) is 6.75. The molecule has 0 saturated carbocycles. The van der Waals surface area contributed by atoms with Crippen molar-refractivity contribution in [2.24, 2.45) is 0 Å². The Bertz CT molecular complexity index is 1740. The molecule has 0 radical (unpaired) electrons. The lowest BCUT2D eigenvalue weighted by Gasteiger charge is -2.41. The van der Waals surface area contributed by atoms with Crippen LogP contribution in [-0.4, -0.2) is 80.7 Å². The van der Waals surface area contributed by atoms with Crippen molar-refractivity contribution in [2.75, 3.05) is 31.5 Å². The smallest absolute Gasteiger partial charge is 0.451 e. The summed E-state index contributed by atoms with van der Waals surface area (Å²) >= 11 is 0. The number of piperazine rings is 1. The Balaban J connectivity index is 1.62. The molecule has 1 fully saturated rings. The quantitative estimate of drug-likeness (QED) is 0.252. The van der Waals surface area contributed by atoms with Crippen molar-refractivity contribution in [2.45, 2.75) is 72.4 Å². The first-order valence-electron chi connectivity index (χ1n) is 15.5. The van der Waals surface area contributed by atoms with Crippen molar-refractivity contribution >= 4 is 23.8 Å². The van der Waals surface area contributed by atoms with Crippen molar-refractivity contribution in [3.8, 4) is 5.75 Å². The fraction of sp³-hybridized carbons (Fsp3) is 0.441. The number of carbonyl (C=O) groups is 3. The van der Waals surface area contributed by atoms with E-state index in [1.165, 1.54) is 26.0 Å². The van der Waals surface area contributed by atoms with Crippen LogP contribution < -0.4 is 10.1 Å². The first-order valence-corrected chi connectivity index (χ1v) is 15.5. The summed E-state index contributed by atoms with van der Waals surface area (Å²) in [5.41, 5.74) is 0.0553. The third-order valence-corrected chi connectivity index (χ3v) is 7.86. The predicted octanol–water partition coefficient (Wildman–Crippen LogP) is 6.57. The number of ether oxygens (including phenoxy) is 2. The van der Waals surface area contributed by atoms with Crippen LogP contribution in [0.2, 0.25) is 0 Å². The molecule has 1 aliphatic heterocycles. The average Bonchev–Trinajstić information content (AvgIpc) is 2.97. The van der Waals surface area contributed by atoms with E-state index in [1.54, 1.807) is 44.7 Å². The lowest BCUT2D eigenvalue weighted by molar-refractivity contribution is -0.144. The minimum Gasteiger partial charge on any atom is -0.483 e. The molecule has 3 aromatic rings. The fourth-order valence-corrected chi connectivity index (χ4v) is 5.27. The van der Waals surface area contributed by atoms with Crippen molar-refractivity contribution in [3.05, 3.63) is 81.6 Å². The minimum absolute atomic E-state index is 0.106. The molecule has 15 heteroatoms. The van der Waals surface area contributed by atoms with Crippen molar-refractivity contribution in [1.29, 1.82) is 0 Å².